The first-order valence-electron chi connectivity index (χ1n) is 10.4. The van der Waals surface area contributed by atoms with Crippen LogP contribution in [-0.4, -0.2) is 32.0 Å². The molecule has 1 atom stereocenters. The molecule has 0 aliphatic rings. The van der Waals surface area contributed by atoms with E-state index in [4.69, 9.17) is 15.7 Å². The summed E-state index contributed by atoms with van der Waals surface area (Å²) in [5.41, 5.74) is 2.26. The molecule has 0 bridgehead atoms. The second kappa shape index (κ2) is 7.22. The molecule has 2 rings (SSSR count). The van der Waals surface area contributed by atoms with Gasteiger partial charge < -0.3 is 9.64 Å². The Labute approximate surface area is 133 Å². The zero-order valence-corrected chi connectivity index (χ0v) is 11.3. The lowest BCUT2D eigenvalue weighted by atomic mass is 9.97. The fourth-order valence-corrected chi connectivity index (χ4v) is 2.01. The van der Waals surface area contributed by atoms with Crippen molar-refractivity contribution < 1.29 is 15.7 Å². The number of likely N-dealkylation sites (N-methyl/N-ethyl adjacent to an activating group) is 1. The number of benzene rings is 2. The van der Waals surface area contributed by atoms with Crippen LogP contribution in [0.5, 0.6) is 0 Å². The minimum absolute atomic E-state index is 0.167. The normalized spacial score (nSPS) is 20.5. The summed E-state index contributed by atoms with van der Waals surface area (Å²) < 4.78 is 66.8. The van der Waals surface area contributed by atoms with Crippen molar-refractivity contribution in [3.63, 3.8) is 0 Å². The number of aryl methyl sites for hydroxylation is 1. The van der Waals surface area contributed by atoms with E-state index in [9.17, 15) is 0 Å². The van der Waals surface area contributed by atoms with E-state index in [1.807, 2.05) is 25.1 Å². The minimum Gasteiger partial charge on any atom is -0.367 e. The maximum absolute atomic E-state index is 8.22. The topological polar surface area (TPSA) is 12.5 Å². The molecule has 2 aromatic rings. The molecule has 2 heteroatoms. The van der Waals surface area contributed by atoms with Gasteiger partial charge in [-0.3, -0.25) is 0 Å². The maximum atomic E-state index is 8.22. The van der Waals surface area contributed by atoms with E-state index in [2.05, 4.69) is 0 Å². The van der Waals surface area contributed by atoms with Crippen LogP contribution in [0.4, 0.5) is 0 Å². The third-order valence-corrected chi connectivity index (χ3v) is 3.00. The fraction of sp³-hybridized carbons (Fsp3) is 0.333. The molecule has 106 valence electrons. The van der Waals surface area contributed by atoms with Gasteiger partial charge in [-0.15, -0.1) is 0 Å². The Morgan fingerprint density at radius 2 is 1.80 bits per heavy atom. The molecule has 0 saturated heterocycles. The Hall–Kier alpha value is -1.64. The maximum Gasteiger partial charge on any atom is 0.108 e. The molecule has 1 unspecified atom stereocenters. The van der Waals surface area contributed by atoms with Gasteiger partial charge in [-0.2, -0.15) is 0 Å². The average molecular weight is 277 g/mol. The van der Waals surface area contributed by atoms with Crippen LogP contribution in [0.1, 0.15) is 33.8 Å². The standard InChI is InChI=1S/C18H23NO/c1-15-9-7-8-12-17(15)18(20-14-13-19(2)3)16-10-5-4-6-11-16/h4-12,18H,13-14H2,1-3H3/i2D3,3D3,14D2. The SMILES string of the molecule is [2H]C([2H])(CN(C([2H])([2H])[2H])C([2H])([2H])[2H])OC(c1ccccc1)c1ccccc1C. The molecule has 0 aliphatic carbocycles. The van der Waals surface area contributed by atoms with Crippen molar-refractivity contribution in [1.82, 2.24) is 4.90 Å². The first kappa shape index (κ1) is 7.39. The lowest BCUT2D eigenvalue weighted by Gasteiger charge is -2.22. The second-order valence-corrected chi connectivity index (χ2v) is 4.50. The van der Waals surface area contributed by atoms with Crippen molar-refractivity contribution in [1.29, 1.82) is 0 Å². The lowest BCUT2D eigenvalue weighted by Crippen LogP contribution is -2.20. The summed E-state index contributed by atoms with van der Waals surface area (Å²) in [5, 5.41) is 0. The summed E-state index contributed by atoms with van der Waals surface area (Å²) >= 11 is 0. The van der Waals surface area contributed by atoms with Gasteiger partial charge in [0.2, 0.25) is 0 Å². The Balaban J connectivity index is 2.39. The van der Waals surface area contributed by atoms with Crippen LogP contribution in [-0.2, 0) is 4.74 Å². The van der Waals surface area contributed by atoms with Crippen LogP contribution in [0.2, 0.25) is 0 Å². The van der Waals surface area contributed by atoms with E-state index in [1.165, 1.54) is 0 Å². The van der Waals surface area contributed by atoms with E-state index in [-0.39, 0.29) is 4.90 Å². The first-order chi connectivity index (χ1) is 12.8. The molecular formula is C18H23NO. The van der Waals surface area contributed by atoms with Crippen LogP contribution < -0.4 is 0 Å². The molecule has 0 aromatic heterocycles. The summed E-state index contributed by atoms with van der Waals surface area (Å²) in [6.45, 7) is -7.60. The van der Waals surface area contributed by atoms with Crippen molar-refractivity contribution in [3.8, 4) is 0 Å². The number of hydrogen-bond donors (Lipinski definition) is 0. The van der Waals surface area contributed by atoms with Crippen molar-refractivity contribution in [2.24, 2.45) is 0 Å². The van der Waals surface area contributed by atoms with Crippen molar-refractivity contribution in [3.05, 3.63) is 71.3 Å². The summed E-state index contributed by atoms with van der Waals surface area (Å²) in [5.74, 6) is 0. The van der Waals surface area contributed by atoms with Gasteiger partial charge >= 0.3 is 0 Å². The molecule has 0 saturated carbocycles. The molecule has 0 N–H and O–H groups in total. The van der Waals surface area contributed by atoms with Gasteiger partial charge in [0, 0.05) is 14.8 Å². The van der Waals surface area contributed by atoms with Crippen molar-refractivity contribution in [2.75, 3.05) is 27.1 Å². The quantitative estimate of drug-likeness (QED) is 0.799. The average Bonchev–Trinajstić information content (AvgIpc) is 2.57. The molecule has 2 nitrogen and oxygen atoms in total. The Morgan fingerprint density at radius 1 is 1.10 bits per heavy atom. The van der Waals surface area contributed by atoms with E-state index in [1.54, 1.807) is 36.4 Å². The van der Waals surface area contributed by atoms with Crippen LogP contribution in [0.15, 0.2) is 54.6 Å². The van der Waals surface area contributed by atoms with Crippen LogP contribution in [0, 0.1) is 6.92 Å². The first-order valence-corrected chi connectivity index (χ1v) is 6.37. The molecule has 0 radical (unpaired) electrons. The third-order valence-electron chi connectivity index (χ3n) is 3.00. The zero-order valence-electron chi connectivity index (χ0n) is 19.3. The predicted molar refractivity (Wildman–Crippen MR) is 84.0 cm³/mol. The minimum atomic E-state index is -2.99. The third kappa shape index (κ3) is 3.92. The predicted octanol–water partition coefficient (Wildman–Crippen LogP) is 3.66. The van der Waals surface area contributed by atoms with Crippen LogP contribution >= 0.6 is 0 Å². The Kier molecular flexibility index (Phi) is 2.67. The molecule has 2 aromatic carbocycles. The van der Waals surface area contributed by atoms with Gasteiger partial charge in [-0.25, -0.2) is 0 Å². The molecule has 0 heterocycles. The van der Waals surface area contributed by atoms with Crippen molar-refractivity contribution >= 4 is 0 Å². The Morgan fingerprint density at radius 3 is 2.50 bits per heavy atom. The number of nitrogens with zero attached hydrogens (tertiary/aromatic N) is 1. The fourth-order valence-electron chi connectivity index (χ4n) is 2.01. The highest BCUT2D eigenvalue weighted by Crippen LogP contribution is 2.28. The number of rotatable bonds is 6. The highest BCUT2D eigenvalue weighted by molar-refractivity contribution is 5.35. The lowest BCUT2D eigenvalue weighted by molar-refractivity contribution is 0.0683. The van der Waals surface area contributed by atoms with Gasteiger partial charge in [0.25, 0.3) is 0 Å². The van der Waals surface area contributed by atoms with E-state index in [0.717, 1.165) is 5.56 Å². The molecule has 0 fully saturated rings. The van der Waals surface area contributed by atoms with Crippen LogP contribution in [0.25, 0.3) is 0 Å². The number of hydrogen-bond acceptors (Lipinski definition) is 2. The number of ether oxygens (including phenoxy) is 1. The van der Waals surface area contributed by atoms with E-state index < -0.39 is 33.2 Å². The zero-order chi connectivity index (χ0) is 21.2. The highest BCUT2D eigenvalue weighted by atomic mass is 16.5. The van der Waals surface area contributed by atoms with Crippen LogP contribution in [0.3, 0.4) is 0 Å². The molecule has 20 heavy (non-hydrogen) atoms. The van der Waals surface area contributed by atoms with E-state index >= 15 is 0 Å². The molecule has 0 spiro atoms. The molecule has 0 amide bonds. The van der Waals surface area contributed by atoms with Gasteiger partial charge in [0.15, 0.2) is 0 Å². The summed E-state index contributed by atoms with van der Waals surface area (Å²) in [7, 11) is 0. The largest absolute Gasteiger partial charge is 0.367 e. The van der Waals surface area contributed by atoms with Gasteiger partial charge in [-0.05, 0) is 37.6 Å². The van der Waals surface area contributed by atoms with Gasteiger partial charge in [0.1, 0.15) is 6.10 Å². The smallest absolute Gasteiger partial charge is 0.108 e. The summed E-state index contributed by atoms with van der Waals surface area (Å²) in [4.78, 5) is 0.167. The van der Waals surface area contributed by atoms with Gasteiger partial charge in [-0.1, -0.05) is 54.6 Å². The highest BCUT2D eigenvalue weighted by Gasteiger charge is 2.16. The van der Waals surface area contributed by atoms with Gasteiger partial charge in [0.05, 0.1) is 9.30 Å². The van der Waals surface area contributed by atoms with E-state index in [0.29, 0.717) is 11.1 Å². The molecule has 0 aliphatic heterocycles. The summed E-state index contributed by atoms with van der Waals surface area (Å²) in [6, 6.07) is 16.3. The Bertz CT molecular complexity index is 759. The summed E-state index contributed by atoms with van der Waals surface area (Å²) in [6.07, 6.45) is -0.826. The molecular weight excluding hydrogens is 246 g/mol. The monoisotopic (exact) mass is 277 g/mol. The second-order valence-electron chi connectivity index (χ2n) is 4.50. The van der Waals surface area contributed by atoms with Crippen molar-refractivity contribution in [2.45, 2.75) is 13.0 Å².